The maximum absolute atomic E-state index is 12.3. The molecule has 0 spiro atoms. The molecule has 5 nitrogen and oxygen atoms in total. The van der Waals surface area contributed by atoms with Crippen LogP contribution in [0.2, 0.25) is 0 Å². The summed E-state index contributed by atoms with van der Waals surface area (Å²) in [5, 5.41) is 12.2. The van der Waals surface area contributed by atoms with Gasteiger partial charge in [0, 0.05) is 24.5 Å². The Labute approximate surface area is 139 Å². The summed E-state index contributed by atoms with van der Waals surface area (Å²) in [5.41, 5.74) is 0. The Morgan fingerprint density at radius 2 is 1.83 bits per heavy atom. The first-order chi connectivity index (χ1) is 10.9. The first-order valence-corrected chi connectivity index (χ1v) is 9.20. The summed E-state index contributed by atoms with van der Waals surface area (Å²) in [6.45, 7) is 7.33. The van der Waals surface area contributed by atoms with Gasteiger partial charge in [0.2, 0.25) is 5.91 Å². The molecular weight excluding hydrogens is 292 g/mol. The van der Waals surface area contributed by atoms with Gasteiger partial charge in [0.1, 0.15) is 0 Å². The van der Waals surface area contributed by atoms with Gasteiger partial charge in [0.25, 0.3) is 0 Å². The third kappa shape index (κ3) is 5.20. The molecule has 0 aromatic rings. The minimum Gasteiger partial charge on any atom is -0.480 e. The van der Waals surface area contributed by atoms with E-state index in [1.165, 1.54) is 12.8 Å². The molecule has 5 heteroatoms. The highest BCUT2D eigenvalue weighted by Gasteiger charge is 2.38. The van der Waals surface area contributed by atoms with Crippen molar-refractivity contribution in [3.63, 3.8) is 0 Å². The van der Waals surface area contributed by atoms with Crippen LogP contribution in [0.1, 0.15) is 59.3 Å². The van der Waals surface area contributed by atoms with Crippen molar-refractivity contribution >= 4 is 11.9 Å². The molecule has 0 aliphatic heterocycles. The minimum atomic E-state index is -0.750. The molecule has 0 saturated heterocycles. The summed E-state index contributed by atoms with van der Waals surface area (Å²) in [6, 6.07) is 0.542. The summed E-state index contributed by atoms with van der Waals surface area (Å²) in [4.78, 5) is 25.5. The van der Waals surface area contributed by atoms with Gasteiger partial charge in [-0.25, -0.2) is 0 Å². The average molecular weight is 324 g/mol. The van der Waals surface area contributed by atoms with E-state index in [2.05, 4.69) is 24.1 Å². The lowest BCUT2D eigenvalue weighted by Gasteiger charge is -2.43. The molecular formula is C18H32N2O3. The molecule has 0 radical (unpaired) electrons. The third-order valence-electron chi connectivity index (χ3n) is 5.67. The number of carboxylic acids is 1. The monoisotopic (exact) mass is 324 g/mol. The second-order valence-electron chi connectivity index (χ2n) is 7.46. The van der Waals surface area contributed by atoms with Crippen LogP contribution in [-0.4, -0.2) is 47.1 Å². The second kappa shape index (κ2) is 8.13. The molecule has 1 unspecified atom stereocenters. The highest BCUT2D eigenvalue weighted by molar-refractivity contribution is 5.79. The molecule has 1 atom stereocenters. The molecule has 2 aliphatic carbocycles. The zero-order chi connectivity index (χ0) is 17.0. The van der Waals surface area contributed by atoms with E-state index in [-0.39, 0.29) is 24.4 Å². The lowest BCUT2D eigenvalue weighted by Crippen LogP contribution is -2.56. The SMILES string of the molecule is CCC(CC)C(C)C(=O)NC1CC(N(CC(=O)O)CC2CC2)C1. The molecule has 132 valence electrons. The highest BCUT2D eigenvalue weighted by atomic mass is 16.4. The number of hydrogen-bond acceptors (Lipinski definition) is 3. The van der Waals surface area contributed by atoms with Crippen LogP contribution in [0.25, 0.3) is 0 Å². The quantitative estimate of drug-likeness (QED) is 0.648. The molecule has 0 aromatic carbocycles. The molecule has 2 rings (SSSR count). The van der Waals surface area contributed by atoms with Crippen molar-refractivity contribution in [1.29, 1.82) is 0 Å². The summed E-state index contributed by atoms with van der Waals surface area (Å²) in [7, 11) is 0. The van der Waals surface area contributed by atoms with Crippen LogP contribution in [0.15, 0.2) is 0 Å². The van der Waals surface area contributed by atoms with E-state index in [9.17, 15) is 9.59 Å². The Hall–Kier alpha value is -1.10. The summed E-state index contributed by atoms with van der Waals surface area (Å²) < 4.78 is 0. The summed E-state index contributed by atoms with van der Waals surface area (Å²) >= 11 is 0. The number of aliphatic carboxylic acids is 1. The number of amides is 1. The Balaban J connectivity index is 1.75. The van der Waals surface area contributed by atoms with Crippen LogP contribution >= 0.6 is 0 Å². The lowest BCUT2D eigenvalue weighted by atomic mass is 9.83. The number of hydrogen-bond donors (Lipinski definition) is 2. The third-order valence-corrected chi connectivity index (χ3v) is 5.67. The number of carbonyl (C=O) groups is 2. The smallest absolute Gasteiger partial charge is 0.317 e. The van der Waals surface area contributed by atoms with Crippen molar-refractivity contribution in [2.24, 2.45) is 17.8 Å². The van der Waals surface area contributed by atoms with Crippen LogP contribution < -0.4 is 5.32 Å². The van der Waals surface area contributed by atoms with Crippen LogP contribution in [0, 0.1) is 17.8 Å². The van der Waals surface area contributed by atoms with Gasteiger partial charge < -0.3 is 10.4 Å². The first kappa shape index (κ1) is 18.2. The van der Waals surface area contributed by atoms with Crippen molar-refractivity contribution in [2.45, 2.75) is 71.4 Å². The van der Waals surface area contributed by atoms with Crippen molar-refractivity contribution in [1.82, 2.24) is 10.2 Å². The van der Waals surface area contributed by atoms with Crippen LogP contribution in [0.5, 0.6) is 0 Å². The minimum absolute atomic E-state index is 0.0608. The molecule has 0 bridgehead atoms. The Morgan fingerprint density at radius 3 is 2.30 bits per heavy atom. The summed E-state index contributed by atoms with van der Waals surface area (Å²) in [6.07, 6.45) is 6.31. The van der Waals surface area contributed by atoms with Gasteiger partial charge in [-0.05, 0) is 37.5 Å². The van der Waals surface area contributed by atoms with Crippen molar-refractivity contribution in [3.05, 3.63) is 0 Å². The van der Waals surface area contributed by atoms with E-state index in [1.54, 1.807) is 0 Å². The second-order valence-corrected chi connectivity index (χ2v) is 7.46. The van der Waals surface area contributed by atoms with E-state index < -0.39 is 5.97 Å². The Kier molecular flexibility index (Phi) is 6.45. The van der Waals surface area contributed by atoms with Crippen molar-refractivity contribution in [3.8, 4) is 0 Å². The van der Waals surface area contributed by atoms with Gasteiger partial charge in [-0.1, -0.05) is 33.6 Å². The molecule has 2 fully saturated rings. The van der Waals surface area contributed by atoms with Gasteiger partial charge in [-0.3, -0.25) is 14.5 Å². The number of rotatable bonds is 10. The summed E-state index contributed by atoms with van der Waals surface area (Å²) in [5.74, 6) is 0.613. The van der Waals surface area contributed by atoms with Gasteiger partial charge >= 0.3 is 5.97 Å². The molecule has 23 heavy (non-hydrogen) atoms. The predicted octanol–water partition coefficient (Wildman–Crippen LogP) is 2.50. The molecule has 2 aliphatic rings. The van der Waals surface area contributed by atoms with Crippen molar-refractivity contribution in [2.75, 3.05) is 13.1 Å². The van der Waals surface area contributed by atoms with E-state index in [4.69, 9.17) is 5.11 Å². The van der Waals surface area contributed by atoms with Crippen LogP contribution in [-0.2, 0) is 9.59 Å². The van der Waals surface area contributed by atoms with E-state index in [0.717, 1.165) is 32.2 Å². The zero-order valence-corrected chi connectivity index (χ0v) is 14.8. The van der Waals surface area contributed by atoms with Crippen LogP contribution in [0.4, 0.5) is 0 Å². The normalized spacial score (nSPS) is 25.3. The Bertz CT molecular complexity index is 412. The van der Waals surface area contributed by atoms with Crippen molar-refractivity contribution < 1.29 is 14.7 Å². The molecule has 2 N–H and O–H groups in total. The highest BCUT2D eigenvalue weighted by Crippen LogP contribution is 2.34. The predicted molar refractivity (Wildman–Crippen MR) is 90.1 cm³/mol. The number of nitrogens with one attached hydrogen (secondary N) is 1. The largest absolute Gasteiger partial charge is 0.480 e. The Morgan fingerprint density at radius 1 is 1.22 bits per heavy atom. The number of carbonyl (C=O) groups excluding carboxylic acids is 1. The fourth-order valence-corrected chi connectivity index (χ4v) is 3.69. The molecule has 2 saturated carbocycles. The maximum Gasteiger partial charge on any atom is 0.317 e. The molecule has 1 amide bonds. The number of nitrogens with zero attached hydrogens (tertiary/aromatic N) is 1. The maximum atomic E-state index is 12.3. The number of carboxylic acid groups (broad SMARTS) is 1. The first-order valence-electron chi connectivity index (χ1n) is 9.20. The molecule has 0 heterocycles. The van der Waals surface area contributed by atoms with Crippen LogP contribution in [0.3, 0.4) is 0 Å². The fourth-order valence-electron chi connectivity index (χ4n) is 3.69. The van der Waals surface area contributed by atoms with E-state index in [0.29, 0.717) is 17.9 Å². The molecule has 0 aromatic heterocycles. The van der Waals surface area contributed by atoms with E-state index >= 15 is 0 Å². The lowest BCUT2D eigenvalue weighted by molar-refractivity contribution is -0.140. The van der Waals surface area contributed by atoms with Gasteiger partial charge in [-0.2, -0.15) is 0 Å². The van der Waals surface area contributed by atoms with E-state index in [1.807, 2.05) is 6.92 Å². The standard InChI is InChI=1S/C18H32N2O3/c1-4-14(5-2)12(3)18(23)19-15-8-16(9-15)20(11-17(21)22)10-13-6-7-13/h12-16H,4-11H2,1-3H3,(H,19,23)(H,21,22). The van der Waals surface area contributed by atoms with Gasteiger partial charge in [0.05, 0.1) is 6.54 Å². The van der Waals surface area contributed by atoms with Gasteiger partial charge in [-0.15, -0.1) is 0 Å². The fraction of sp³-hybridized carbons (Fsp3) is 0.889. The average Bonchev–Trinajstić information content (AvgIpc) is 3.26. The zero-order valence-electron chi connectivity index (χ0n) is 14.8. The topological polar surface area (TPSA) is 69.6 Å². The van der Waals surface area contributed by atoms with Gasteiger partial charge in [0.15, 0.2) is 0 Å².